The van der Waals surface area contributed by atoms with Crippen LogP contribution < -0.4 is 0 Å². The maximum absolute atomic E-state index is 3.52. The molecule has 0 aliphatic rings. The maximum atomic E-state index is 3.52. The summed E-state index contributed by atoms with van der Waals surface area (Å²) in [5, 5.41) is 0. The Morgan fingerprint density at radius 1 is 1.15 bits per heavy atom. The van der Waals surface area contributed by atoms with Crippen LogP contribution in [0.15, 0.2) is 40.9 Å². The van der Waals surface area contributed by atoms with Crippen LogP contribution in [0.2, 0.25) is 0 Å². The molecule has 0 spiro atoms. The standard InChI is InChI=1S/C11H9BrS/c1-8-10(12)7-11(13-8)9-5-3-2-4-6-9/h2-7H,1H3. The lowest BCUT2D eigenvalue weighted by Gasteiger charge is -1.93. The predicted molar refractivity (Wildman–Crippen MR) is 62.2 cm³/mol. The number of aryl methyl sites for hydroxylation is 1. The third kappa shape index (κ3) is 1.84. The number of halogens is 1. The van der Waals surface area contributed by atoms with Crippen LogP contribution in [0.4, 0.5) is 0 Å². The van der Waals surface area contributed by atoms with Gasteiger partial charge in [0.25, 0.3) is 0 Å². The van der Waals surface area contributed by atoms with Crippen LogP contribution in [-0.4, -0.2) is 0 Å². The van der Waals surface area contributed by atoms with Gasteiger partial charge in [-0.05, 0) is 34.5 Å². The van der Waals surface area contributed by atoms with Gasteiger partial charge in [0.05, 0.1) is 0 Å². The van der Waals surface area contributed by atoms with Crippen LogP contribution in [0, 0.1) is 6.92 Å². The molecule has 0 fully saturated rings. The van der Waals surface area contributed by atoms with E-state index >= 15 is 0 Å². The van der Waals surface area contributed by atoms with Gasteiger partial charge < -0.3 is 0 Å². The minimum Gasteiger partial charge on any atom is -0.139 e. The Labute approximate surface area is 90.4 Å². The Morgan fingerprint density at radius 2 is 1.85 bits per heavy atom. The molecule has 0 saturated carbocycles. The number of rotatable bonds is 1. The summed E-state index contributed by atoms with van der Waals surface area (Å²) >= 11 is 5.34. The zero-order chi connectivity index (χ0) is 9.26. The molecule has 0 nitrogen and oxygen atoms in total. The molecule has 1 heterocycles. The van der Waals surface area contributed by atoms with Crippen molar-refractivity contribution >= 4 is 27.3 Å². The average Bonchev–Trinajstić information content (AvgIpc) is 2.49. The number of hydrogen-bond donors (Lipinski definition) is 0. The summed E-state index contributed by atoms with van der Waals surface area (Å²) in [5.74, 6) is 0. The summed E-state index contributed by atoms with van der Waals surface area (Å²) in [6, 6.07) is 12.6. The van der Waals surface area contributed by atoms with Gasteiger partial charge in [-0.25, -0.2) is 0 Å². The van der Waals surface area contributed by atoms with Gasteiger partial charge in [-0.15, -0.1) is 11.3 Å². The van der Waals surface area contributed by atoms with Crippen LogP contribution in [0.5, 0.6) is 0 Å². The first-order chi connectivity index (χ1) is 6.27. The second-order valence-corrected chi connectivity index (χ2v) is 4.99. The Balaban J connectivity index is 2.48. The highest BCUT2D eigenvalue weighted by Gasteiger charge is 2.03. The molecule has 0 saturated heterocycles. The van der Waals surface area contributed by atoms with Gasteiger partial charge in [0.15, 0.2) is 0 Å². The summed E-state index contributed by atoms with van der Waals surface area (Å²) in [4.78, 5) is 2.66. The third-order valence-corrected chi connectivity index (χ3v) is 4.10. The Bertz CT molecular complexity index is 384. The topological polar surface area (TPSA) is 0 Å². The van der Waals surface area contributed by atoms with Crippen molar-refractivity contribution in [2.45, 2.75) is 6.92 Å². The molecule has 1 aromatic carbocycles. The molecular formula is C11H9BrS. The molecule has 2 heteroatoms. The summed E-state index contributed by atoms with van der Waals surface area (Å²) in [6.45, 7) is 2.13. The van der Waals surface area contributed by atoms with Crippen LogP contribution in [-0.2, 0) is 0 Å². The monoisotopic (exact) mass is 252 g/mol. The van der Waals surface area contributed by atoms with Crippen molar-refractivity contribution in [3.05, 3.63) is 45.7 Å². The molecule has 0 N–H and O–H groups in total. The zero-order valence-corrected chi connectivity index (χ0v) is 9.65. The number of thiophene rings is 1. The lowest BCUT2D eigenvalue weighted by atomic mass is 10.2. The smallest absolute Gasteiger partial charge is 0.0357 e. The molecule has 0 radical (unpaired) electrons. The van der Waals surface area contributed by atoms with Crippen molar-refractivity contribution in [2.24, 2.45) is 0 Å². The second-order valence-electron chi connectivity index (χ2n) is 2.88. The Hall–Kier alpha value is -0.600. The Kier molecular flexibility index (Phi) is 2.51. The fourth-order valence-electron chi connectivity index (χ4n) is 1.20. The summed E-state index contributed by atoms with van der Waals surface area (Å²) in [5.41, 5.74) is 1.29. The van der Waals surface area contributed by atoms with E-state index in [-0.39, 0.29) is 0 Å². The largest absolute Gasteiger partial charge is 0.139 e. The fraction of sp³-hybridized carbons (Fsp3) is 0.0909. The minimum atomic E-state index is 1.20. The number of benzene rings is 1. The van der Waals surface area contributed by atoms with E-state index in [0.29, 0.717) is 0 Å². The van der Waals surface area contributed by atoms with E-state index in [4.69, 9.17) is 0 Å². The summed E-state index contributed by atoms with van der Waals surface area (Å²) in [7, 11) is 0. The Morgan fingerprint density at radius 3 is 2.38 bits per heavy atom. The van der Waals surface area contributed by atoms with Crippen molar-refractivity contribution in [3.63, 3.8) is 0 Å². The molecular weight excluding hydrogens is 244 g/mol. The first-order valence-corrected chi connectivity index (χ1v) is 5.69. The molecule has 0 aliphatic carbocycles. The van der Waals surface area contributed by atoms with E-state index in [0.717, 1.165) is 0 Å². The fourth-order valence-corrected chi connectivity index (χ4v) is 2.74. The molecule has 13 heavy (non-hydrogen) atoms. The van der Waals surface area contributed by atoms with Crippen LogP contribution in [0.3, 0.4) is 0 Å². The molecule has 0 atom stereocenters. The molecule has 2 aromatic rings. The highest BCUT2D eigenvalue weighted by atomic mass is 79.9. The van der Waals surface area contributed by atoms with E-state index in [9.17, 15) is 0 Å². The van der Waals surface area contributed by atoms with E-state index in [1.165, 1.54) is 19.8 Å². The summed E-state index contributed by atoms with van der Waals surface area (Å²) in [6.07, 6.45) is 0. The van der Waals surface area contributed by atoms with E-state index < -0.39 is 0 Å². The maximum Gasteiger partial charge on any atom is 0.0357 e. The second kappa shape index (κ2) is 3.64. The lowest BCUT2D eigenvalue weighted by Crippen LogP contribution is -1.67. The highest BCUT2D eigenvalue weighted by molar-refractivity contribution is 9.10. The van der Waals surface area contributed by atoms with E-state index in [2.05, 4.69) is 53.2 Å². The van der Waals surface area contributed by atoms with Gasteiger partial charge >= 0.3 is 0 Å². The molecule has 0 bridgehead atoms. The highest BCUT2D eigenvalue weighted by Crippen LogP contribution is 2.33. The SMILES string of the molecule is Cc1sc(-c2ccccc2)cc1Br. The summed E-state index contributed by atoms with van der Waals surface area (Å²) < 4.78 is 1.20. The average molecular weight is 253 g/mol. The molecule has 0 amide bonds. The molecule has 66 valence electrons. The van der Waals surface area contributed by atoms with E-state index in [1.54, 1.807) is 0 Å². The van der Waals surface area contributed by atoms with E-state index in [1.807, 2.05) is 17.4 Å². The van der Waals surface area contributed by atoms with Crippen molar-refractivity contribution in [2.75, 3.05) is 0 Å². The molecule has 1 aromatic heterocycles. The van der Waals surface area contributed by atoms with Gasteiger partial charge in [0, 0.05) is 14.2 Å². The minimum absolute atomic E-state index is 1.20. The van der Waals surface area contributed by atoms with Gasteiger partial charge in [0.1, 0.15) is 0 Å². The van der Waals surface area contributed by atoms with Gasteiger partial charge in [-0.2, -0.15) is 0 Å². The lowest BCUT2D eigenvalue weighted by molar-refractivity contribution is 1.59. The zero-order valence-electron chi connectivity index (χ0n) is 7.25. The molecule has 2 rings (SSSR count). The molecule has 0 aliphatic heterocycles. The van der Waals surface area contributed by atoms with Crippen molar-refractivity contribution in [1.82, 2.24) is 0 Å². The van der Waals surface area contributed by atoms with Crippen LogP contribution in [0.25, 0.3) is 10.4 Å². The van der Waals surface area contributed by atoms with Gasteiger partial charge in [0.2, 0.25) is 0 Å². The van der Waals surface area contributed by atoms with Gasteiger partial charge in [-0.3, -0.25) is 0 Å². The van der Waals surface area contributed by atoms with Crippen molar-refractivity contribution in [1.29, 1.82) is 0 Å². The number of hydrogen-bond acceptors (Lipinski definition) is 1. The first kappa shape index (κ1) is 8.97. The quantitative estimate of drug-likeness (QED) is 0.702. The van der Waals surface area contributed by atoms with Crippen LogP contribution in [0.1, 0.15) is 4.88 Å². The van der Waals surface area contributed by atoms with Gasteiger partial charge in [-0.1, -0.05) is 30.3 Å². The third-order valence-electron chi connectivity index (χ3n) is 1.92. The predicted octanol–water partition coefficient (Wildman–Crippen LogP) is 4.49. The van der Waals surface area contributed by atoms with Crippen LogP contribution >= 0.6 is 27.3 Å². The first-order valence-electron chi connectivity index (χ1n) is 4.09. The van der Waals surface area contributed by atoms with Crippen molar-refractivity contribution in [3.8, 4) is 10.4 Å². The van der Waals surface area contributed by atoms with Crippen molar-refractivity contribution < 1.29 is 0 Å². The normalized spacial score (nSPS) is 10.3. The molecule has 0 unspecified atom stereocenters.